The van der Waals surface area contributed by atoms with Gasteiger partial charge in [0.2, 0.25) is 0 Å². The third kappa shape index (κ3) is 7.09. The van der Waals surface area contributed by atoms with Crippen LogP contribution in [0.2, 0.25) is 0 Å². The predicted octanol–water partition coefficient (Wildman–Crippen LogP) is 6.89. The molecular formula is C36H37IN2O5S. The monoisotopic (exact) mass is 736 g/mol. The van der Waals surface area contributed by atoms with Crippen molar-refractivity contribution in [3.63, 3.8) is 0 Å². The number of hydrogen-bond acceptors (Lipinski definition) is 7. The zero-order valence-electron chi connectivity index (χ0n) is 26.1. The summed E-state index contributed by atoms with van der Waals surface area (Å²) in [6.45, 7) is 8.75. The second-order valence-corrected chi connectivity index (χ2v) is 13.2. The van der Waals surface area contributed by atoms with Crippen molar-refractivity contribution < 1.29 is 19.0 Å². The van der Waals surface area contributed by atoms with Gasteiger partial charge in [-0.1, -0.05) is 93.1 Å². The Balaban J connectivity index is 1.62. The topological polar surface area (TPSA) is 79.1 Å². The van der Waals surface area contributed by atoms with Gasteiger partial charge in [0.15, 0.2) is 16.3 Å². The average Bonchev–Trinajstić information content (AvgIpc) is 3.34. The van der Waals surface area contributed by atoms with Crippen LogP contribution < -0.4 is 24.4 Å². The quantitative estimate of drug-likeness (QED) is 0.124. The predicted molar refractivity (Wildman–Crippen MR) is 187 cm³/mol. The number of allylic oxidation sites excluding steroid dienone is 1. The number of esters is 1. The molecule has 1 aliphatic rings. The summed E-state index contributed by atoms with van der Waals surface area (Å²) in [7, 11) is 1.61. The molecule has 3 aromatic carbocycles. The molecular weight excluding hydrogens is 699 g/mol. The maximum Gasteiger partial charge on any atom is 0.338 e. The van der Waals surface area contributed by atoms with Gasteiger partial charge in [-0.25, -0.2) is 9.79 Å². The smallest absolute Gasteiger partial charge is 0.338 e. The summed E-state index contributed by atoms with van der Waals surface area (Å²) in [5.41, 5.74) is 4.75. The van der Waals surface area contributed by atoms with Crippen molar-refractivity contribution >= 4 is 46.0 Å². The molecule has 0 amide bonds. The molecule has 0 unspecified atom stereocenters. The number of rotatable bonds is 11. The van der Waals surface area contributed by atoms with Crippen LogP contribution in [-0.2, 0) is 16.1 Å². The van der Waals surface area contributed by atoms with E-state index in [-0.39, 0.29) is 12.2 Å². The Hall–Kier alpha value is -3.70. The van der Waals surface area contributed by atoms with Gasteiger partial charge in [-0.15, -0.1) is 0 Å². The summed E-state index contributed by atoms with van der Waals surface area (Å²) >= 11 is 3.55. The molecule has 7 nitrogen and oxygen atoms in total. The highest BCUT2D eigenvalue weighted by atomic mass is 127. The third-order valence-electron chi connectivity index (χ3n) is 7.59. The Kier molecular flexibility index (Phi) is 10.6. The van der Waals surface area contributed by atoms with Crippen molar-refractivity contribution in [2.45, 2.75) is 59.1 Å². The molecule has 45 heavy (non-hydrogen) atoms. The van der Waals surface area contributed by atoms with Gasteiger partial charge in [-0.05, 0) is 82.3 Å². The largest absolute Gasteiger partial charge is 0.493 e. The molecule has 0 radical (unpaired) electrons. The minimum Gasteiger partial charge on any atom is -0.493 e. The van der Waals surface area contributed by atoms with Gasteiger partial charge >= 0.3 is 5.97 Å². The van der Waals surface area contributed by atoms with E-state index in [0.29, 0.717) is 51.0 Å². The zero-order chi connectivity index (χ0) is 32.1. The molecule has 0 saturated heterocycles. The van der Waals surface area contributed by atoms with Gasteiger partial charge in [0.05, 0.1) is 39.1 Å². The van der Waals surface area contributed by atoms with Crippen molar-refractivity contribution in [2.24, 2.45) is 4.99 Å². The van der Waals surface area contributed by atoms with Crippen LogP contribution in [0.1, 0.15) is 74.8 Å². The molecule has 0 saturated carbocycles. The van der Waals surface area contributed by atoms with E-state index in [9.17, 15) is 9.59 Å². The van der Waals surface area contributed by atoms with Crippen LogP contribution in [-0.4, -0.2) is 24.3 Å². The lowest BCUT2D eigenvalue weighted by Crippen LogP contribution is -2.40. The number of carbonyl (C=O) groups excluding carboxylic acids is 1. The molecule has 0 N–H and O–H groups in total. The van der Waals surface area contributed by atoms with Gasteiger partial charge in [0.25, 0.3) is 5.56 Å². The van der Waals surface area contributed by atoms with E-state index < -0.39 is 12.0 Å². The highest BCUT2D eigenvalue weighted by molar-refractivity contribution is 14.1. The van der Waals surface area contributed by atoms with Gasteiger partial charge in [0.1, 0.15) is 6.61 Å². The average molecular weight is 737 g/mol. The molecule has 9 heteroatoms. The lowest BCUT2D eigenvalue weighted by Gasteiger charge is -2.26. The third-order valence-corrected chi connectivity index (χ3v) is 9.37. The fourth-order valence-electron chi connectivity index (χ4n) is 5.34. The van der Waals surface area contributed by atoms with E-state index in [1.165, 1.54) is 16.9 Å². The Morgan fingerprint density at radius 1 is 1.09 bits per heavy atom. The van der Waals surface area contributed by atoms with Crippen molar-refractivity contribution in [1.29, 1.82) is 0 Å². The van der Waals surface area contributed by atoms with Crippen molar-refractivity contribution in [2.75, 3.05) is 13.7 Å². The van der Waals surface area contributed by atoms with Crippen LogP contribution in [0.4, 0.5) is 0 Å². The molecule has 5 rings (SSSR count). The summed E-state index contributed by atoms with van der Waals surface area (Å²) in [6.07, 6.45) is 3.24. The first-order valence-corrected chi connectivity index (χ1v) is 17.0. The van der Waals surface area contributed by atoms with Crippen LogP contribution in [0.5, 0.6) is 11.5 Å². The molecule has 0 aliphatic carbocycles. The van der Waals surface area contributed by atoms with Crippen LogP contribution in [0.25, 0.3) is 6.08 Å². The molecule has 1 aliphatic heterocycles. The summed E-state index contributed by atoms with van der Waals surface area (Å²) in [5.74, 6) is 1.14. The first kappa shape index (κ1) is 32.7. The van der Waals surface area contributed by atoms with Crippen LogP contribution in [0.3, 0.4) is 0 Å². The number of aromatic nitrogens is 1. The Morgan fingerprint density at radius 3 is 2.47 bits per heavy atom. The van der Waals surface area contributed by atoms with E-state index in [0.717, 1.165) is 26.7 Å². The standard InChI is InChI=1S/C36H37IN2O5S/c1-6-11-28-31(35(41)43-7-2)32(26-16-14-25(15-17-26)22(3)4)39-34(40)30(45-36(39)38-28)20-24-18-27(37)33(29(19-24)42-5)44-21-23-12-9-8-10-13-23/h8-10,12-20,22,32H,6-7,11,21H2,1-5H3/b30-20-/t32-/m0/s1. The number of nitrogens with zero attached hydrogens (tertiary/aromatic N) is 2. The number of carbonyl (C=O) groups is 1. The van der Waals surface area contributed by atoms with E-state index in [1.54, 1.807) is 18.6 Å². The minimum atomic E-state index is -0.645. The summed E-state index contributed by atoms with van der Waals surface area (Å²) in [4.78, 5) is 33.1. The van der Waals surface area contributed by atoms with E-state index in [4.69, 9.17) is 19.2 Å². The Bertz CT molecular complexity index is 1890. The molecule has 1 atom stereocenters. The van der Waals surface area contributed by atoms with Gasteiger partial charge < -0.3 is 14.2 Å². The molecule has 4 aromatic rings. The Labute approximate surface area is 281 Å². The number of halogens is 1. The van der Waals surface area contributed by atoms with Crippen molar-refractivity contribution in [3.05, 3.63) is 124 Å². The first-order valence-electron chi connectivity index (χ1n) is 15.1. The van der Waals surface area contributed by atoms with E-state index in [1.807, 2.05) is 60.7 Å². The zero-order valence-corrected chi connectivity index (χ0v) is 29.1. The van der Waals surface area contributed by atoms with Gasteiger partial charge in [-0.3, -0.25) is 9.36 Å². The SMILES string of the molecule is CCCC1=C(C(=O)OCC)[C@H](c2ccc(C(C)C)cc2)n2c(s/c(=C\c3cc(I)c(OCc4ccccc4)c(OC)c3)c2=O)=N1. The number of benzene rings is 3. The summed E-state index contributed by atoms with van der Waals surface area (Å²) < 4.78 is 20.4. The maximum atomic E-state index is 14.2. The number of thiazole rings is 1. The minimum absolute atomic E-state index is 0.215. The molecule has 234 valence electrons. The lowest BCUT2D eigenvalue weighted by atomic mass is 9.92. The first-order chi connectivity index (χ1) is 21.7. The van der Waals surface area contributed by atoms with Crippen molar-refractivity contribution in [3.8, 4) is 11.5 Å². The van der Waals surface area contributed by atoms with Gasteiger partial charge in [-0.2, -0.15) is 0 Å². The van der Waals surface area contributed by atoms with Crippen LogP contribution >= 0.6 is 33.9 Å². The fraction of sp³-hybridized carbons (Fsp3) is 0.306. The summed E-state index contributed by atoms with van der Waals surface area (Å²) in [5, 5.41) is 0. The lowest BCUT2D eigenvalue weighted by molar-refractivity contribution is -0.139. The normalized spacial score (nSPS) is 14.7. The molecule has 2 heterocycles. The number of hydrogen-bond donors (Lipinski definition) is 0. The highest BCUT2D eigenvalue weighted by Gasteiger charge is 2.34. The number of ether oxygens (including phenoxy) is 3. The van der Waals surface area contributed by atoms with E-state index in [2.05, 4.69) is 55.5 Å². The second-order valence-electron chi connectivity index (χ2n) is 11.0. The number of methoxy groups -OCH3 is 1. The number of fused-ring (bicyclic) bond motifs is 1. The van der Waals surface area contributed by atoms with Crippen LogP contribution in [0.15, 0.2) is 87.8 Å². The summed E-state index contributed by atoms with van der Waals surface area (Å²) in [6, 6.07) is 21.3. The molecule has 0 bridgehead atoms. The van der Waals surface area contributed by atoms with Crippen LogP contribution in [0, 0.1) is 3.57 Å². The van der Waals surface area contributed by atoms with E-state index >= 15 is 0 Å². The maximum absolute atomic E-state index is 14.2. The van der Waals surface area contributed by atoms with Gasteiger partial charge in [0, 0.05) is 0 Å². The fourth-order valence-corrected chi connectivity index (χ4v) is 7.14. The molecule has 1 aromatic heterocycles. The molecule has 0 spiro atoms. The Morgan fingerprint density at radius 2 is 1.82 bits per heavy atom. The highest BCUT2D eigenvalue weighted by Crippen LogP contribution is 2.35. The van der Waals surface area contributed by atoms with Crippen molar-refractivity contribution in [1.82, 2.24) is 4.57 Å². The second kappa shape index (κ2) is 14.6. The molecule has 0 fully saturated rings.